The molecule has 0 N–H and O–H groups in total. The van der Waals surface area contributed by atoms with Crippen LogP contribution < -0.4 is 14.2 Å². The molecule has 3 rings (SSSR count). The molecule has 1 atom stereocenters. The van der Waals surface area contributed by atoms with E-state index in [-0.39, 0.29) is 0 Å². The molecule has 6 heteroatoms. The van der Waals surface area contributed by atoms with Crippen molar-refractivity contribution < 1.29 is 28.5 Å². The molecule has 0 bridgehead atoms. The highest BCUT2D eigenvalue weighted by molar-refractivity contribution is 6.19. The lowest BCUT2D eigenvalue weighted by molar-refractivity contribution is -0.138. The monoisotopic (exact) mass is 370 g/mol. The van der Waals surface area contributed by atoms with Gasteiger partial charge in [-0.15, -0.1) is 0 Å². The van der Waals surface area contributed by atoms with Gasteiger partial charge in [0, 0.05) is 6.42 Å². The second-order valence-electron chi connectivity index (χ2n) is 5.96. The Kier molecular flexibility index (Phi) is 5.54. The number of hydrogen-bond acceptors (Lipinski definition) is 6. The summed E-state index contributed by atoms with van der Waals surface area (Å²) >= 11 is 0. The summed E-state index contributed by atoms with van der Waals surface area (Å²) in [5.74, 6) is 2.10. The molecule has 1 heterocycles. The predicted octanol–water partition coefficient (Wildman–Crippen LogP) is 3.24. The van der Waals surface area contributed by atoms with Crippen molar-refractivity contribution in [2.24, 2.45) is 0 Å². The summed E-state index contributed by atoms with van der Waals surface area (Å²) in [4.78, 5) is 12.5. The Morgan fingerprint density at radius 2 is 1.56 bits per heavy atom. The van der Waals surface area contributed by atoms with E-state index in [1.54, 1.807) is 40.6 Å². The van der Waals surface area contributed by atoms with Gasteiger partial charge in [-0.25, -0.2) is 4.79 Å². The third kappa shape index (κ3) is 3.69. The fraction of sp³-hybridized carbons (Fsp3) is 0.286. The quantitative estimate of drug-likeness (QED) is 0.698. The minimum atomic E-state index is -0.502. The zero-order valence-corrected chi connectivity index (χ0v) is 15.8. The van der Waals surface area contributed by atoms with Crippen LogP contribution in [0.2, 0.25) is 0 Å². The summed E-state index contributed by atoms with van der Waals surface area (Å²) < 4.78 is 26.9. The summed E-state index contributed by atoms with van der Waals surface area (Å²) in [5.41, 5.74) is 2.11. The van der Waals surface area contributed by atoms with Gasteiger partial charge in [0.1, 0.15) is 11.3 Å². The van der Waals surface area contributed by atoms with Crippen LogP contribution in [-0.4, -0.2) is 40.5 Å². The van der Waals surface area contributed by atoms with Crippen molar-refractivity contribution in [3.8, 4) is 17.2 Å². The lowest BCUT2D eigenvalue weighted by atomic mass is 10.0. The van der Waals surface area contributed by atoms with Crippen LogP contribution in [0.25, 0.3) is 5.57 Å². The minimum absolute atomic E-state index is 0.400. The molecular formula is C21H22O6. The SMILES string of the molecule is COC1=C(c2ccc(OC)cc2)C(=O)OC1Cc1ccc(OC)c(OC)c1. The molecule has 2 aromatic carbocycles. The van der Waals surface area contributed by atoms with Gasteiger partial charge in [-0.05, 0) is 35.4 Å². The van der Waals surface area contributed by atoms with Gasteiger partial charge in [0.15, 0.2) is 23.4 Å². The van der Waals surface area contributed by atoms with Crippen molar-refractivity contribution >= 4 is 11.5 Å². The molecule has 142 valence electrons. The van der Waals surface area contributed by atoms with E-state index < -0.39 is 12.1 Å². The Morgan fingerprint density at radius 3 is 2.15 bits per heavy atom. The van der Waals surface area contributed by atoms with Crippen LogP contribution in [0.4, 0.5) is 0 Å². The van der Waals surface area contributed by atoms with Crippen LogP contribution in [0, 0.1) is 0 Å². The summed E-state index contributed by atoms with van der Waals surface area (Å²) in [6.07, 6.45) is -0.0349. The number of carbonyl (C=O) groups is 1. The fourth-order valence-corrected chi connectivity index (χ4v) is 3.11. The molecular weight excluding hydrogens is 348 g/mol. The van der Waals surface area contributed by atoms with E-state index in [0.29, 0.717) is 35.0 Å². The first-order valence-corrected chi connectivity index (χ1v) is 8.45. The summed E-state index contributed by atoms with van der Waals surface area (Å²) in [6, 6.07) is 12.8. The first-order valence-electron chi connectivity index (χ1n) is 8.45. The van der Waals surface area contributed by atoms with Gasteiger partial charge in [-0.2, -0.15) is 0 Å². The molecule has 0 spiro atoms. The van der Waals surface area contributed by atoms with Crippen LogP contribution in [-0.2, 0) is 20.7 Å². The van der Waals surface area contributed by atoms with Crippen LogP contribution >= 0.6 is 0 Å². The molecule has 0 amide bonds. The van der Waals surface area contributed by atoms with E-state index in [1.807, 2.05) is 30.3 Å². The molecule has 1 aliphatic heterocycles. The highest BCUT2D eigenvalue weighted by Crippen LogP contribution is 2.35. The molecule has 0 saturated heterocycles. The lowest BCUT2D eigenvalue weighted by Crippen LogP contribution is -2.16. The van der Waals surface area contributed by atoms with E-state index in [1.165, 1.54) is 0 Å². The summed E-state index contributed by atoms with van der Waals surface area (Å²) in [6.45, 7) is 0. The third-order valence-corrected chi connectivity index (χ3v) is 4.46. The average Bonchev–Trinajstić information content (AvgIpc) is 3.02. The number of carbonyl (C=O) groups excluding carboxylic acids is 1. The van der Waals surface area contributed by atoms with Crippen molar-refractivity contribution in [1.29, 1.82) is 0 Å². The number of benzene rings is 2. The maximum absolute atomic E-state index is 12.5. The Balaban J connectivity index is 1.90. The zero-order chi connectivity index (χ0) is 19.4. The van der Waals surface area contributed by atoms with Crippen LogP contribution in [0.1, 0.15) is 11.1 Å². The maximum atomic E-state index is 12.5. The maximum Gasteiger partial charge on any atom is 0.343 e. The number of cyclic esters (lactones) is 1. The molecule has 0 radical (unpaired) electrons. The third-order valence-electron chi connectivity index (χ3n) is 4.46. The topological polar surface area (TPSA) is 63.2 Å². The first-order chi connectivity index (χ1) is 13.1. The Bertz CT molecular complexity index is 853. The largest absolute Gasteiger partial charge is 0.497 e. The van der Waals surface area contributed by atoms with Gasteiger partial charge >= 0.3 is 5.97 Å². The highest BCUT2D eigenvalue weighted by atomic mass is 16.6. The fourth-order valence-electron chi connectivity index (χ4n) is 3.11. The van der Waals surface area contributed by atoms with E-state index in [2.05, 4.69) is 0 Å². The Hall–Kier alpha value is -3.15. The van der Waals surface area contributed by atoms with Crippen molar-refractivity contribution in [3.05, 3.63) is 59.4 Å². The molecule has 1 unspecified atom stereocenters. The number of methoxy groups -OCH3 is 4. The number of rotatable bonds is 7. The van der Waals surface area contributed by atoms with Crippen molar-refractivity contribution in [3.63, 3.8) is 0 Å². The molecule has 0 aliphatic carbocycles. The van der Waals surface area contributed by atoms with Crippen LogP contribution in [0.15, 0.2) is 48.2 Å². The standard InChI is InChI=1S/C21H22O6/c1-23-15-8-6-14(7-9-15)19-20(26-4)18(27-21(19)22)12-13-5-10-16(24-2)17(11-13)25-3/h5-11,18H,12H2,1-4H3. The molecule has 27 heavy (non-hydrogen) atoms. The average molecular weight is 370 g/mol. The minimum Gasteiger partial charge on any atom is -0.497 e. The molecule has 2 aromatic rings. The number of esters is 1. The van der Waals surface area contributed by atoms with Gasteiger partial charge in [0.2, 0.25) is 0 Å². The second kappa shape index (κ2) is 8.03. The second-order valence-corrected chi connectivity index (χ2v) is 5.96. The number of ether oxygens (including phenoxy) is 5. The number of hydrogen-bond donors (Lipinski definition) is 0. The predicted molar refractivity (Wildman–Crippen MR) is 100 cm³/mol. The zero-order valence-electron chi connectivity index (χ0n) is 15.8. The van der Waals surface area contributed by atoms with E-state index >= 15 is 0 Å². The van der Waals surface area contributed by atoms with Crippen molar-refractivity contribution in [2.45, 2.75) is 12.5 Å². The van der Waals surface area contributed by atoms with Crippen molar-refractivity contribution in [1.82, 2.24) is 0 Å². The van der Waals surface area contributed by atoms with E-state index in [0.717, 1.165) is 11.1 Å². The van der Waals surface area contributed by atoms with Crippen LogP contribution in [0.5, 0.6) is 17.2 Å². The van der Waals surface area contributed by atoms with Crippen molar-refractivity contribution in [2.75, 3.05) is 28.4 Å². The summed E-state index contributed by atoms with van der Waals surface area (Å²) in [7, 11) is 6.31. The van der Waals surface area contributed by atoms with Gasteiger partial charge in [0.25, 0.3) is 0 Å². The highest BCUT2D eigenvalue weighted by Gasteiger charge is 2.36. The van der Waals surface area contributed by atoms with Gasteiger partial charge in [-0.1, -0.05) is 18.2 Å². The lowest BCUT2D eigenvalue weighted by Gasteiger charge is -2.15. The molecule has 0 aromatic heterocycles. The van der Waals surface area contributed by atoms with E-state index in [4.69, 9.17) is 23.7 Å². The molecule has 6 nitrogen and oxygen atoms in total. The van der Waals surface area contributed by atoms with Gasteiger partial charge in [-0.3, -0.25) is 0 Å². The Morgan fingerprint density at radius 1 is 0.852 bits per heavy atom. The van der Waals surface area contributed by atoms with Crippen LogP contribution in [0.3, 0.4) is 0 Å². The molecule has 0 saturated carbocycles. The van der Waals surface area contributed by atoms with E-state index in [9.17, 15) is 4.79 Å². The van der Waals surface area contributed by atoms with Gasteiger partial charge in [0.05, 0.1) is 28.4 Å². The first kappa shape index (κ1) is 18.6. The summed E-state index contributed by atoms with van der Waals surface area (Å²) in [5, 5.41) is 0. The Labute approximate surface area is 158 Å². The molecule has 0 fully saturated rings. The normalized spacial score (nSPS) is 16.1. The van der Waals surface area contributed by atoms with Gasteiger partial charge < -0.3 is 23.7 Å². The molecule has 1 aliphatic rings. The smallest absolute Gasteiger partial charge is 0.343 e.